The van der Waals surface area contributed by atoms with Crippen LogP contribution in [0.1, 0.15) is 51.9 Å². The lowest BCUT2D eigenvalue weighted by atomic mass is 9.81. The topological polar surface area (TPSA) is 55.1 Å². The molecule has 0 saturated heterocycles. The lowest BCUT2D eigenvalue weighted by molar-refractivity contribution is -0.124. The molecule has 0 bridgehead atoms. The molecule has 2 rings (SSSR count). The Morgan fingerprint density at radius 3 is 2.72 bits per heavy atom. The number of carbonyl (C=O) groups is 1. The second-order valence-electron chi connectivity index (χ2n) is 6.13. The molecule has 0 spiro atoms. The standard InChI is InChI=1S/C14H24N2OS/c1-10-3-2-4-11(9-10)5-8-16-13(17)14(6-7-14)12(15)18/h10-11H,2-9H2,1H3,(H2,15,18)(H,16,17). The van der Waals surface area contributed by atoms with Crippen molar-refractivity contribution in [2.45, 2.75) is 51.9 Å². The van der Waals surface area contributed by atoms with Crippen LogP contribution in [-0.2, 0) is 4.79 Å². The second-order valence-corrected chi connectivity index (χ2v) is 6.57. The Bertz CT molecular complexity index is 339. The van der Waals surface area contributed by atoms with E-state index in [2.05, 4.69) is 12.2 Å². The van der Waals surface area contributed by atoms with Gasteiger partial charge in [0.25, 0.3) is 0 Å². The van der Waals surface area contributed by atoms with Crippen molar-refractivity contribution in [2.75, 3.05) is 6.54 Å². The van der Waals surface area contributed by atoms with Crippen molar-refractivity contribution >= 4 is 23.1 Å². The zero-order chi connectivity index (χ0) is 13.2. The van der Waals surface area contributed by atoms with Crippen LogP contribution in [0.4, 0.5) is 0 Å². The summed E-state index contributed by atoms with van der Waals surface area (Å²) in [6, 6.07) is 0. The van der Waals surface area contributed by atoms with Crippen LogP contribution in [0.25, 0.3) is 0 Å². The molecule has 2 aliphatic carbocycles. The highest BCUT2D eigenvalue weighted by Crippen LogP contribution is 2.46. The van der Waals surface area contributed by atoms with Crippen LogP contribution >= 0.6 is 12.2 Å². The highest BCUT2D eigenvalue weighted by atomic mass is 32.1. The molecule has 18 heavy (non-hydrogen) atoms. The maximum atomic E-state index is 12.0. The van der Waals surface area contributed by atoms with E-state index in [9.17, 15) is 4.79 Å². The van der Waals surface area contributed by atoms with Gasteiger partial charge in [0, 0.05) is 6.54 Å². The van der Waals surface area contributed by atoms with Gasteiger partial charge in [0.05, 0.1) is 10.4 Å². The summed E-state index contributed by atoms with van der Waals surface area (Å²) in [5.41, 5.74) is 5.15. The quantitative estimate of drug-likeness (QED) is 0.753. The Morgan fingerprint density at radius 2 is 2.17 bits per heavy atom. The second kappa shape index (κ2) is 5.55. The van der Waals surface area contributed by atoms with Crippen molar-refractivity contribution in [1.82, 2.24) is 5.32 Å². The summed E-state index contributed by atoms with van der Waals surface area (Å²) in [6.45, 7) is 3.11. The SMILES string of the molecule is CC1CCCC(CCNC(=O)C2(C(N)=S)CC2)C1. The molecular weight excluding hydrogens is 244 g/mol. The van der Waals surface area contributed by atoms with Gasteiger partial charge >= 0.3 is 0 Å². The van der Waals surface area contributed by atoms with Gasteiger partial charge < -0.3 is 11.1 Å². The van der Waals surface area contributed by atoms with Gasteiger partial charge in [-0.3, -0.25) is 4.79 Å². The van der Waals surface area contributed by atoms with Gasteiger partial charge in [-0.25, -0.2) is 0 Å². The molecule has 4 heteroatoms. The fraction of sp³-hybridized carbons (Fsp3) is 0.857. The molecule has 2 fully saturated rings. The summed E-state index contributed by atoms with van der Waals surface area (Å²) in [5, 5.41) is 3.02. The van der Waals surface area contributed by atoms with Gasteiger partial charge in [-0.1, -0.05) is 38.4 Å². The summed E-state index contributed by atoms with van der Waals surface area (Å²) < 4.78 is 0. The zero-order valence-electron chi connectivity index (χ0n) is 11.2. The Morgan fingerprint density at radius 1 is 1.44 bits per heavy atom. The molecule has 2 saturated carbocycles. The van der Waals surface area contributed by atoms with E-state index in [1.54, 1.807) is 0 Å². The van der Waals surface area contributed by atoms with Gasteiger partial charge in [-0.05, 0) is 37.5 Å². The third-order valence-corrected chi connectivity index (χ3v) is 4.93. The van der Waals surface area contributed by atoms with Gasteiger partial charge in [0.1, 0.15) is 0 Å². The zero-order valence-corrected chi connectivity index (χ0v) is 12.0. The molecule has 102 valence electrons. The number of amides is 1. The number of thiocarbonyl (C=S) groups is 1. The van der Waals surface area contributed by atoms with Crippen molar-refractivity contribution in [3.8, 4) is 0 Å². The van der Waals surface area contributed by atoms with Crippen molar-refractivity contribution in [3.63, 3.8) is 0 Å². The highest BCUT2D eigenvalue weighted by Gasteiger charge is 2.52. The molecule has 3 nitrogen and oxygen atoms in total. The molecule has 0 aromatic rings. The third-order valence-electron chi connectivity index (χ3n) is 4.54. The molecule has 0 aromatic carbocycles. The molecule has 0 radical (unpaired) electrons. The van der Waals surface area contributed by atoms with E-state index >= 15 is 0 Å². The normalized spacial score (nSPS) is 29.6. The van der Waals surface area contributed by atoms with Gasteiger partial charge in [-0.2, -0.15) is 0 Å². The van der Waals surface area contributed by atoms with E-state index in [1.165, 1.54) is 25.7 Å². The van der Waals surface area contributed by atoms with E-state index in [0.29, 0.717) is 4.99 Å². The van der Waals surface area contributed by atoms with E-state index in [0.717, 1.165) is 37.6 Å². The molecule has 0 heterocycles. The average Bonchev–Trinajstić information content (AvgIpc) is 3.10. The molecular formula is C14H24N2OS. The van der Waals surface area contributed by atoms with Crippen LogP contribution < -0.4 is 11.1 Å². The Kier molecular flexibility index (Phi) is 4.25. The maximum absolute atomic E-state index is 12.0. The molecule has 0 aliphatic heterocycles. The first kappa shape index (κ1) is 13.8. The summed E-state index contributed by atoms with van der Waals surface area (Å²) in [6.07, 6.45) is 8.10. The molecule has 1 amide bonds. The molecule has 2 atom stereocenters. The molecule has 3 N–H and O–H groups in total. The van der Waals surface area contributed by atoms with Gasteiger partial charge in [-0.15, -0.1) is 0 Å². The van der Waals surface area contributed by atoms with Crippen LogP contribution in [-0.4, -0.2) is 17.4 Å². The first-order valence-corrected chi connectivity index (χ1v) is 7.53. The van der Waals surface area contributed by atoms with Crippen molar-refractivity contribution in [2.24, 2.45) is 23.0 Å². The summed E-state index contributed by atoms with van der Waals surface area (Å²) in [5.74, 6) is 1.69. The predicted molar refractivity (Wildman–Crippen MR) is 77.2 cm³/mol. The van der Waals surface area contributed by atoms with Crippen molar-refractivity contribution in [1.29, 1.82) is 0 Å². The number of carbonyl (C=O) groups excluding carboxylic acids is 1. The highest BCUT2D eigenvalue weighted by molar-refractivity contribution is 7.80. The van der Waals surface area contributed by atoms with Crippen LogP contribution in [0.3, 0.4) is 0 Å². The van der Waals surface area contributed by atoms with Crippen LogP contribution in [0.15, 0.2) is 0 Å². The maximum Gasteiger partial charge on any atom is 0.233 e. The Labute approximate surface area is 115 Å². The van der Waals surface area contributed by atoms with Crippen LogP contribution in [0.2, 0.25) is 0 Å². The minimum Gasteiger partial charge on any atom is -0.392 e. The van der Waals surface area contributed by atoms with Crippen molar-refractivity contribution < 1.29 is 4.79 Å². The smallest absolute Gasteiger partial charge is 0.233 e. The van der Waals surface area contributed by atoms with Gasteiger partial charge in [0.2, 0.25) is 5.91 Å². The van der Waals surface area contributed by atoms with E-state index in [4.69, 9.17) is 18.0 Å². The fourth-order valence-corrected chi connectivity index (χ4v) is 3.39. The monoisotopic (exact) mass is 268 g/mol. The lowest BCUT2D eigenvalue weighted by Crippen LogP contribution is -2.40. The average molecular weight is 268 g/mol. The fourth-order valence-electron chi connectivity index (χ4n) is 3.09. The first-order valence-electron chi connectivity index (χ1n) is 7.13. The predicted octanol–water partition coefficient (Wildman–Crippen LogP) is 2.39. The van der Waals surface area contributed by atoms with Gasteiger partial charge in [0.15, 0.2) is 0 Å². The van der Waals surface area contributed by atoms with Crippen LogP contribution in [0.5, 0.6) is 0 Å². The molecule has 2 aliphatic rings. The molecule has 0 aromatic heterocycles. The summed E-state index contributed by atoms with van der Waals surface area (Å²) in [4.78, 5) is 12.4. The summed E-state index contributed by atoms with van der Waals surface area (Å²) >= 11 is 4.98. The number of nitrogens with one attached hydrogen (secondary N) is 1. The third kappa shape index (κ3) is 3.02. The molecule has 2 unspecified atom stereocenters. The van der Waals surface area contributed by atoms with Crippen molar-refractivity contribution in [3.05, 3.63) is 0 Å². The number of hydrogen-bond donors (Lipinski definition) is 2. The Hall–Kier alpha value is -0.640. The summed E-state index contributed by atoms with van der Waals surface area (Å²) in [7, 11) is 0. The number of rotatable bonds is 5. The number of nitrogens with two attached hydrogens (primary N) is 1. The largest absolute Gasteiger partial charge is 0.392 e. The minimum atomic E-state index is -0.491. The van der Waals surface area contributed by atoms with E-state index < -0.39 is 5.41 Å². The first-order chi connectivity index (χ1) is 8.54. The van der Waals surface area contributed by atoms with Crippen LogP contribution in [0, 0.1) is 17.3 Å². The lowest BCUT2D eigenvalue weighted by Gasteiger charge is -2.26. The Balaban J connectivity index is 1.69. The van der Waals surface area contributed by atoms with E-state index in [1.807, 2.05) is 0 Å². The van der Waals surface area contributed by atoms with E-state index in [-0.39, 0.29) is 5.91 Å². The minimum absolute atomic E-state index is 0.0545. The number of hydrogen-bond acceptors (Lipinski definition) is 2.